The van der Waals surface area contributed by atoms with E-state index in [9.17, 15) is 22.4 Å². The number of ether oxygens (including phenoxy) is 1. The van der Waals surface area contributed by atoms with Crippen molar-refractivity contribution in [3.63, 3.8) is 0 Å². The molecule has 2 aromatic rings. The second kappa shape index (κ2) is 8.81. The van der Waals surface area contributed by atoms with Gasteiger partial charge in [-0.25, -0.2) is 12.8 Å². The van der Waals surface area contributed by atoms with Crippen molar-refractivity contribution in [1.82, 2.24) is 4.31 Å². The minimum absolute atomic E-state index is 0.0309. The Balaban J connectivity index is 2.14. The fraction of sp³-hybridized carbons (Fsp3) is 0.222. The smallest absolute Gasteiger partial charge is 0.247 e. The summed E-state index contributed by atoms with van der Waals surface area (Å²) >= 11 is 0. The Morgan fingerprint density at radius 1 is 1.11 bits per heavy atom. The number of benzene rings is 2. The second-order valence-corrected chi connectivity index (χ2v) is 7.88. The van der Waals surface area contributed by atoms with Gasteiger partial charge in [0, 0.05) is 25.3 Å². The van der Waals surface area contributed by atoms with Gasteiger partial charge in [0.2, 0.25) is 21.8 Å². The molecule has 2 amide bonds. The topological polar surface area (TPSA) is 105 Å². The van der Waals surface area contributed by atoms with Crippen molar-refractivity contribution in [3.05, 3.63) is 48.3 Å². The lowest BCUT2D eigenvalue weighted by molar-refractivity contribution is -0.116. The van der Waals surface area contributed by atoms with Crippen LogP contribution in [0.2, 0.25) is 0 Å². The second-order valence-electron chi connectivity index (χ2n) is 5.87. The number of hydrogen-bond acceptors (Lipinski definition) is 5. The number of anilines is 2. The first-order valence-corrected chi connectivity index (χ1v) is 9.55. The third-order valence-electron chi connectivity index (χ3n) is 3.65. The Labute approximate surface area is 162 Å². The van der Waals surface area contributed by atoms with Crippen molar-refractivity contribution < 1.29 is 27.1 Å². The number of amides is 2. The lowest BCUT2D eigenvalue weighted by Crippen LogP contribution is -2.35. The number of rotatable bonds is 7. The number of halogens is 1. The molecular formula is C18H20FN3O5S. The molecule has 8 nitrogen and oxygen atoms in total. The van der Waals surface area contributed by atoms with E-state index in [-0.39, 0.29) is 16.6 Å². The van der Waals surface area contributed by atoms with E-state index in [4.69, 9.17) is 4.74 Å². The van der Waals surface area contributed by atoms with Crippen molar-refractivity contribution >= 4 is 33.2 Å². The fourth-order valence-corrected chi connectivity index (χ4v) is 3.68. The number of sulfonamides is 1. The fourth-order valence-electron chi connectivity index (χ4n) is 2.39. The molecule has 0 atom stereocenters. The molecule has 0 bridgehead atoms. The summed E-state index contributed by atoms with van der Waals surface area (Å²) < 4.78 is 44.6. The van der Waals surface area contributed by atoms with E-state index in [2.05, 4.69) is 10.6 Å². The number of nitrogens with zero attached hydrogens (tertiary/aromatic N) is 1. The summed E-state index contributed by atoms with van der Waals surface area (Å²) in [5.74, 6) is -1.65. The molecule has 0 aliphatic rings. The Hall–Kier alpha value is -2.98. The highest BCUT2D eigenvalue weighted by molar-refractivity contribution is 7.89. The monoisotopic (exact) mass is 409 g/mol. The van der Waals surface area contributed by atoms with E-state index in [0.29, 0.717) is 11.4 Å². The Bertz CT molecular complexity index is 994. The maximum absolute atomic E-state index is 13.5. The summed E-state index contributed by atoms with van der Waals surface area (Å²) in [6.07, 6.45) is 0. The Kier molecular flexibility index (Phi) is 6.71. The zero-order valence-electron chi connectivity index (χ0n) is 15.5. The third-order valence-corrected chi connectivity index (χ3v) is 5.47. The number of likely N-dealkylation sites (N-methyl/N-ethyl adjacent to an activating group) is 1. The van der Waals surface area contributed by atoms with E-state index in [1.54, 1.807) is 18.2 Å². The van der Waals surface area contributed by atoms with Crippen LogP contribution in [0.3, 0.4) is 0 Å². The maximum atomic E-state index is 13.5. The summed E-state index contributed by atoms with van der Waals surface area (Å²) in [6.45, 7) is 0.845. The van der Waals surface area contributed by atoms with Gasteiger partial charge in [-0.1, -0.05) is 6.07 Å². The first-order chi connectivity index (χ1) is 13.1. The van der Waals surface area contributed by atoms with Crippen LogP contribution in [0.25, 0.3) is 0 Å². The minimum Gasteiger partial charge on any atom is -0.495 e. The van der Waals surface area contributed by atoms with Gasteiger partial charge in [-0.2, -0.15) is 4.31 Å². The van der Waals surface area contributed by atoms with Crippen LogP contribution in [-0.4, -0.2) is 45.2 Å². The molecule has 0 unspecified atom stereocenters. The van der Waals surface area contributed by atoms with Gasteiger partial charge in [-0.3, -0.25) is 9.59 Å². The van der Waals surface area contributed by atoms with Crippen LogP contribution in [0, 0.1) is 5.82 Å². The van der Waals surface area contributed by atoms with Gasteiger partial charge in [0.05, 0.1) is 13.7 Å². The van der Waals surface area contributed by atoms with Crippen LogP contribution >= 0.6 is 0 Å². The standard InChI is InChI=1S/C18H20FN3O5S/c1-12(23)20-14-5-4-6-15(10-14)21-18(24)11-22(2)28(25,26)17-9-13(19)7-8-16(17)27-3/h4-10H,11H2,1-3H3,(H,20,23)(H,21,24). The quantitative estimate of drug-likeness (QED) is 0.728. The normalized spacial score (nSPS) is 11.2. The van der Waals surface area contributed by atoms with Gasteiger partial charge in [0.25, 0.3) is 0 Å². The molecule has 0 fully saturated rings. The first kappa shape index (κ1) is 21.3. The van der Waals surface area contributed by atoms with Gasteiger partial charge < -0.3 is 15.4 Å². The average molecular weight is 409 g/mol. The molecule has 2 aromatic carbocycles. The third kappa shape index (κ3) is 5.27. The van der Waals surface area contributed by atoms with Crippen molar-refractivity contribution in [2.45, 2.75) is 11.8 Å². The highest BCUT2D eigenvalue weighted by Crippen LogP contribution is 2.27. The highest BCUT2D eigenvalue weighted by atomic mass is 32.2. The summed E-state index contributed by atoms with van der Waals surface area (Å²) in [5.41, 5.74) is 0.862. The van der Waals surface area contributed by atoms with Crippen LogP contribution in [0.15, 0.2) is 47.4 Å². The lowest BCUT2D eigenvalue weighted by atomic mass is 10.2. The molecule has 0 saturated heterocycles. The van der Waals surface area contributed by atoms with E-state index in [1.807, 2.05) is 0 Å². The Morgan fingerprint density at radius 2 is 1.75 bits per heavy atom. The predicted octanol–water partition coefficient (Wildman–Crippen LogP) is 2.05. The van der Waals surface area contributed by atoms with Gasteiger partial charge >= 0.3 is 0 Å². The van der Waals surface area contributed by atoms with E-state index >= 15 is 0 Å². The number of methoxy groups -OCH3 is 1. The molecule has 2 rings (SSSR count). The summed E-state index contributed by atoms with van der Waals surface area (Å²) in [7, 11) is -1.70. The minimum atomic E-state index is -4.17. The number of nitrogens with one attached hydrogen (secondary N) is 2. The van der Waals surface area contributed by atoms with Crippen molar-refractivity contribution in [1.29, 1.82) is 0 Å². The average Bonchev–Trinajstić information content (AvgIpc) is 2.61. The molecule has 0 aromatic heterocycles. The van der Waals surface area contributed by atoms with Crippen molar-refractivity contribution in [2.75, 3.05) is 31.3 Å². The van der Waals surface area contributed by atoms with E-state index in [0.717, 1.165) is 16.4 Å². The van der Waals surface area contributed by atoms with E-state index in [1.165, 1.54) is 33.2 Å². The van der Waals surface area contributed by atoms with Gasteiger partial charge in [0.15, 0.2) is 0 Å². The molecule has 0 aliphatic heterocycles. The lowest BCUT2D eigenvalue weighted by Gasteiger charge is -2.18. The molecule has 0 radical (unpaired) electrons. The van der Waals surface area contributed by atoms with Crippen LogP contribution in [0.1, 0.15) is 6.92 Å². The first-order valence-electron chi connectivity index (χ1n) is 8.11. The van der Waals surface area contributed by atoms with Crippen molar-refractivity contribution in [3.8, 4) is 5.75 Å². The molecule has 0 heterocycles. The largest absolute Gasteiger partial charge is 0.495 e. The van der Waals surface area contributed by atoms with Crippen LogP contribution < -0.4 is 15.4 Å². The zero-order chi connectivity index (χ0) is 20.9. The Morgan fingerprint density at radius 3 is 2.36 bits per heavy atom. The van der Waals surface area contributed by atoms with Crippen LogP contribution in [0.5, 0.6) is 5.75 Å². The molecule has 28 heavy (non-hydrogen) atoms. The van der Waals surface area contributed by atoms with E-state index < -0.39 is 28.3 Å². The number of carbonyl (C=O) groups is 2. The van der Waals surface area contributed by atoms with Crippen LogP contribution in [0.4, 0.5) is 15.8 Å². The number of carbonyl (C=O) groups excluding carboxylic acids is 2. The van der Waals surface area contributed by atoms with Crippen molar-refractivity contribution in [2.24, 2.45) is 0 Å². The van der Waals surface area contributed by atoms with Gasteiger partial charge in [-0.15, -0.1) is 0 Å². The molecule has 0 spiro atoms. The molecular weight excluding hydrogens is 389 g/mol. The maximum Gasteiger partial charge on any atom is 0.247 e. The van der Waals surface area contributed by atoms with Gasteiger partial charge in [0.1, 0.15) is 16.5 Å². The molecule has 2 N–H and O–H groups in total. The molecule has 0 aliphatic carbocycles. The molecule has 150 valence electrons. The zero-order valence-corrected chi connectivity index (χ0v) is 16.3. The van der Waals surface area contributed by atoms with Gasteiger partial charge in [-0.05, 0) is 36.4 Å². The summed E-state index contributed by atoms with van der Waals surface area (Å²) in [6, 6.07) is 9.50. The SMILES string of the molecule is COc1ccc(F)cc1S(=O)(=O)N(C)CC(=O)Nc1cccc(NC(C)=O)c1. The molecule has 0 saturated carbocycles. The summed E-state index contributed by atoms with van der Waals surface area (Å²) in [4.78, 5) is 23.0. The predicted molar refractivity (Wildman–Crippen MR) is 102 cm³/mol. The molecule has 10 heteroatoms. The van der Waals surface area contributed by atoms with Crippen LogP contribution in [-0.2, 0) is 19.6 Å². The summed E-state index contributed by atoms with van der Waals surface area (Å²) in [5, 5.41) is 5.13. The number of hydrogen-bond donors (Lipinski definition) is 2. The highest BCUT2D eigenvalue weighted by Gasteiger charge is 2.27.